The van der Waals surface area contributed by atoms with Crippen molar-refractivity contribution in [3.05, 3.63) is 12.2 Å². The summed E-state index contributed by atoms with van der Waals surface area (Å²) >= 11 is 0. The zero-order valence-electron chi connectivity index (χ0n) is 9.92. The Morgan fingerprint density at radius 3 is 2.88 bits per heavy atom. The highest BCUT2D eigenvalue weighted by Gasteiger charge is 2.10. The lowest BCUT2D eigenvalue weighted by molar-refractivity contribution is -0.137. The van der Waals surface area contributed by atoms with Crippen LogP contribution >= 0.6 is 0 Å². The summed E-state index contributed by atoms with van der Waals surface area (Å²) in [5.74, 6) is 0.0834. The van der Waals surface area contributed by atoms with Gasteiger partial charge in [0.05, 0.1) is 13.0 Å². The first-order valence-corrected chi connectivity index (χ1v) is 5.29. The van der Waals surface area contributed by atoms with Crippen LogP contribution in [-0.4, -0.2) is 44.3 Å². The van der Waals surface area contributed by atoms with E-state index in [4.69, 9.17) is 5.11 Å². The summed E-state index contributed by atoms with van der Waals surface area (Å²) in [6.07, 6.45) is 1.67. The van der Waals surface area contributed by atoms with E-state index in [0.717, 1.165) is 5.82 Å². The van der Waals surface area contributed by atoms with Crippen molar-refractivity contribution in [1.82, 2.24) is 19.7 Å². The van der Waals surface area contributed by atoms with Crippen LogP contribution in [0.15, 0.2) is 6.33 Å². The van der Waals surface area contributed by atoms with Gasteiger partial charge in [-0.05, 0) is 20.9 Å². The first kappa shape index (κ1) is 12.6. The minimum atomic E-state index is -0.780. The van der Waals surface area contributed by atoms with Gasteiger partial charge in [-0.2, -0.15) is 5.10 Å². The number of hydrogen-bond donors (Lipinski definition) is 1. The monoisotopic (exact) mass is 226 g/mol. The lowest BCUT2D eigenvalue weighted by Gasteiger charge is -2.16. The highest BCUT2D eigenvalue weighted by atomic mass is 16.4. The van der Waals surface area contributed by atoms with Gasteiger partial charge in [-0.1, -0.05) is 0 Å². The van der Waals surface area contributed by atoms with Crippen LogP contribution in [0.25, 0.3) is 0 Å². The first-order valence-electron chi connectivity index (χ1n) is 5.29. The summed E-state index contributed by atoms with van der Waals surface area (Å²) in [5, 5.41) is 12.7. The molecule has 0 amide bonds. The molecule has 1 aromatic rings. The molecular weight excluding hydrogens is 208 g/mol. The van der Waals surface area contributed by atoms with Crippen LogP contribution in [0.4, 0.5) is 0 Å². The quantitative estimate of drug-likeness (QED) is 0.775. The molecule has 0 aliphatic carbocycles. The first-order chi connectivity index (χ1) is 7.50. The lowest BCUT2D eigenvalue weighted by atomic mass is 10.3. The Hall–Kier alpha value is -1.43. The van der Waals surface area contributed by atoms with Gasteiger partial charge in [-0.25, -0.2) is 9.67 Å². The second-order valence-electron chi connectivity index (χ2n) is 4.10. The molecule has 0 bridgehead atoms. The van der Waals surface area contributed by atoms with Crippen LogP contribution in [0.2, 0.25) is 0 Å². The normalized spacial score (nSPS) is 11.3. The molecule has 6 nitrogen and oxygen atoms in total. The van der Waals surface area contributed by atoms with E-state index in [-0.39, 0.29) is 12.5 Å². The summed E-state index contributed by atoms with van der Waals surface area (Å²) in [7, 11) is 1.88. The van der Waals surface area contributed by atoms with Gasteiger partial charge in [0.1, 0.15) is 12.2 Å². The number of aliphatic carboxylic acids is 1. The maximum atomic E-state index is 10.4. The van der Waals surface area contributed by atoms with Gasteiger partial charge >= 0.3 is 5.97 Å². The SMILES string of the molecule is CC(C)n1ncnc1CN(C)CCC(=O)O. The maximum Gasteiger partial charge on any atom is 0.304 e. The third-order valence-electron chi connectivity index (χ3n) is 2.26. The van der Waals surface area contributed by atoms with Gasteiger partial charge in [-0.15, -0.1) is 0 Å². The summed E-state index contributed by atoms with van der Waals surface area (Å²) < 4.78 is 1.84. The minimum absolute atomic E-state index is 0.145. The van der Waals surface area contributed by atoms with Crippen molar-refractivity contribution in [2.45, 2.75) is 32.9 Å². The van der Waals surface area contributed by atoms with Crippen LogP contribution in [0.1, 0.15) is 32.1 Å². The summed E-state index contributed by atoms with van der Waals surface area (Å²) in [5.41, 5.74) is 0. The molecule has 0 fully saturated rings. The predicted molar refractivity (Wildman–Crippen MR) is 59.0 cm³/mol. The van der Waals surface area contributed by atoms with Crippen LogP contribution in [0.5, 0.6) is 0 Å². The number of aromatic nitrogens is 3. The Kier molecular flexibility index (Phi) is 4.42. The van der Waals surface area contributed by atoms with E-state index in [1.54, 1.807) is 0 Å². The Morgan fingerprint density at radius 1 is 1.62 bits per heavy atom. The molecule has 0 unspecified atom stereocenters. The van der Waals surface area contributed by atoms with Crippen LogP contribution in [0.3, 0.4) is 0 Å². The van der Waals surface area contributed by atoms with Crippen LogP contribution < -0.4 is 0 Å². The van der Waals surface area contributed by atoms with E-state index in [2.05, 4.69) is 10.1 Å². The third-order valence-corrected chi connectivity index (χ3v) is 2.26. The average Bonchev–Trinajstić information content (AvgIpc) is 2.62. The zero-order chi connectivity index (χ0) is 12.1. The fourth-order valence-electron chi connectivity index (χ4n) is 1.43. The smallest absolute Gasteiger partial charge is 0.304 e. The molecule has 90 valence electrons. The van der Waals surface area contributed by atoms with Gasteiger partial charge in [-0.3, -0.25) is 9.69 Å². The Morgan fingerprint density at radius 2 is 2.31 bits per heavy atom. The Bertz CT molecular complexity index is 348. The Labute approximate surface area is 94.9 Å². The van der Waals surface area contributed by atoms with Gasteiger partial charge < -0.3 is 5.11 Å². The highest BCUT2D eigenvalue weighted by molar-refractivity contribution is 5.66. The minimum Gasteiger partial charge on any atom is -0.481 e. The zero-order valence-corrected chi connectivity index (χ0v) is 9.92. The molecule has 0 radical (unpaired) electrons. The van der Waals surface area contributed by atoms with E-state index in [0.29, 0.717) is 13.1 Å². The second-order valence-corrected chi connectivity index (χ2v) is 4.10. The fourth-order valence-corrected chi connectivity index (χ4v) is 1.43. The number of carboxylic acid groups (broad SMARTS) is 1. The molecule has 0 saturated carbocycles. The van der Waals surface area contributed by atoms with Crippen molar-refractivity contribution in [2.24, 2.45) is 0 Å². The Balaban J connectivity index is 2.52. The second kappa shape index (κ2) is 5.60. The average molecular weight is 226 g/mol. The summed E-state index contributed by atoms with van der Waals surface area (Å²) in [6.45, 7) is 5.20. The number of nitrogens with zero attached hydrogens (tertiary/aromatic N) is 4. The molecule has 1 rings (SSSR count). The van der Waals surface area contributed by atoms with E-state index in [1.807, 2.05) is 30.5 Å². The molecule has 1 heterocycles. The molecule has 0 atom stereocenters. The van der Waals surface area contributed by atoms with Gasteiger partial charge in [0.15, 0.2) is 0 Å². The van der Waals surface area contributed by atoms with E-state index >= 15 is 0 Å². The largest absolute Gasteiger partial charge is 0.481 e. The molecule has 1 aromatic heterocycles. The number of carbonyl (C=O) groups is 1. The van der Waals surface area contributed by atoms with Crippen molar-refractivity contribution >= 4 is 5.97 Å². The van der Waals surface area contributed by atoms with E-state index < -0.39 is 5.97 Å². The van der Waals surface area contributed by atoms with Crippen LogP contribution in [-0.2, 0) is 11.3 Å². The third kappa shape index (κ3) is 3.62. The molecular formula is C10H18N4O2. The molecule has 0 aromatic carbocycles. The van der Waals surface area contributed by atoms with Gasteiger partial charge in [0, 0.05) is 12.6 Å². The van der Waals surface area contributed by atoms with Crippen molar-refractivity contribution in [3.8, 4) is 0 Å². The molecule has 0 spiro atoms. The van der Waals surface area contributed by atoms with Gasteiger partial charge in [0.25, 0.3) is 0 Å². The van der Waals surface area contributed by atoms with Crippen LogP contribution in [0, 0.1) is 0 Å². The molecule has 1 N–H and O–H groups in total. The van der Waals surface area contributed by atoms with Gasteiger partial charge in [0.2, 0.25) is 0 Å². The summed E-state index contributed by atoms with van der Waals surface area (Å²) in [6, 6.07) is 0.269. The standard InChI is InChI=1S/C10H18N4O2/c1-8(2)14-9(11-7-12-14)6-13(3)5-4-10(15)16/h7-8H,4-6H2,1-3H3,(H,15,16). The van der Waals surface area contributed by atoms with Crippen molar-refractivity contribution in [2.75, 3.05) is 13.6 Å². The van der Waals surface area contributed by atoms with Crippen molar-refractivity contribution in [3.63, 3.8) is 0 Å². The van der Waals surface area contributed by atoms with Crippen molar-refractivity contribution < 1.29 is 9.90 Å². The predicted octanol–water partition coefficient (Wildman–Crippen LogP) is 0.766. The number of hydrogen-bond acceptors (Lipinski definition) is 4. The van der Waals surface area contributed by atoms with Crippen molar-refractivity contribution in [1.29, 1.82) is 0 Å². The summed E-state index contributed by atoms with van der Waals surface area (Å²) in [4.78, 5) is 16.5. The topological polar surface area (TPSA) is 71.2 Å². The van der Waals surface area contributed by atoms with E-state index in [9.17, 15) is 4.79 Å². The molecule has 16 heavy (non-hydrogen) atoms. The molecule has 0 aliphatic heterocycles. The molecule has 0 aliphatic rings. The molecule has 0 saturated heterocycles. The van der Waals surface area contributed by atoms with E-state index in [1.165, 1.54) is 6.33 Å². The fraction of sp³-hybridized carbons (Fsp3) is 0.700. The lowest BCUT2D eigenvalue weighted by Crippen LogP contribution is -2.24. The maximum absolute atomic E-state index is 10.4. The molecule has 6 heteroatoms. The number of rotatable bonds is 6. The highest BCUT2D eigenvalue weighted by Crippen LogP contribution is 2.07. The number of carboxylic acids is 1.